The molecule has 3 aromatic carbocycles. The van der Waals surface area contributed by atoms with E-state index in [0.717, 1.165) is 4.47 Å². The molecule has 0 unspecified atom stereocenters. The Labute approximate surface area is 187 Å². The minimum atomic E-state index is -0.508. The molecule has 8 heteroatoms. The molecular weight excluding hydrogens is 464 g/mol. The number of rotatable bonds is 7. The number of carbonyl (C=O) groups is 2. The molecule has 0 aliphatic rings. The minimum Gasteiger partial charge on any atom is -0.497 e. The Balaban J connectivity index is 1.67. The quantitative estimate of drug-likeness (QED) is 0.232. The van der Waals surface area contributed by atoms with E-state index in [1.165, 1.54) is 20.4 Å². The Bertz CT molecular complexity index is 1130. The summed E-state index contributed by atoms with van der Waals surface area (Å²) in [6.07, 6.45) is 1.46. The number of methoxy groups -OCH3 is 2. The van der Waals surface area contributed by atoms with Crippen LogP contribution >= 0.6 is 15.9 Å². The Hall–Kier alpha value is -3.65. The van der Waals surface area contributed by atoms with Gasteiger partial charge in [0.2, 0.25) is 0 Å². The Morgan fingerprint density at radius 1 is 0.903 bits per heavy atom. The van der Waals surface area contributed by atoms with Crippen LogP contribution in [0.1, 0.15) is 26.3 Å². The summed E-state index contributed by atoms with van der Waals surface area (Å²) < 4.78 is 16.6. The molecule has 31 heavy (non-hydrogen) atoms. The van der Waals surface area contributed by atoms with E-state index < -0.39 is 5.97 Å². The summed E-state index contributed by atoms with van der Waals surface area (Å²) in [5, 5.41) is 3.96. The first kappa shape index (κ1) is 22.0. The van der Waals surface area contributed by atoms with Crippen molar-refractivity contribution in [2.75, 3.05) is 14.2 Å². The zero-order valence-electron chi connectivity index (χ0n) is 16.8. The van der Waals surface area contributed by atoms with Crippen LogP contribution < -0.4 is 19.6 Å². The Morgan fingerprint density at radius 2 is 1.68 bits per heavy atom. The molecule has 0 aliphatic carbocycles. The molecule has 0 aliphatic heterocycles. The maximum Gasteiger partial charge on any atom is 0.343 e. The fourth-order valence-electron chi connectivity index (χ4n) is 2.62. The summed E-state index contributed by atoms with van der Waals surface area (Å²) >= 11 is 3.33. The van der Waals surface area contributed by atoms with Gasteiger partial charge in [0.25, 0.3) is 5.91 Å². The van der Waals surface area contributed by atoms with Crippen LogP contribution in [0.5, 0.6) is 17.2 Å². The lowest BCUT2D eigenvalue weighted by Crippen LogP contribution is -2.17. The number of amides is 1. The van der Waals surface area contributed by atoms with Gasteiger partial charge in [-0.1, -0.05) is 28.1 Å². The van der Waals surface area contributed by atoms with Gasteiger partial charge in [-0.15, -0.1) is 0 Å². The van der Waals surface area contributed by atoms with Crippen LogP contribution in [0.15, 0.2) is 76.3 Å². The molecule has 7 nitrogen and oxygen atoms in total. The van der Waals surface area contributed by atoms with Crippen LogP contribution in [-0.4, -0.2) is 32.3 Å². The molecule has 0 radical (unpaired) electrons. The monoisotopic (exact) mass is 482 g/mol. The molecule has 3 aromatic rings. The second-order valence-electron chi connectivity index (χ2n) is 6.24. The zero-order valence-corrected chi connectivity index (χ0v) is 18.4. The molecule has 1 amide bonds. The second-order valence-corrected chi connectivity index (χ2v) is 7.16. The first-order chi connectivity index (χ1) is 15.0. The lowest BCUT2D eigenvalue weighted by atomic mass is 10.2. The van der Waals surface area contributed by atoms with E-state index in [-0.39, 0.29) is 11.7 Å². The highest BCUT2D eigenvalue weighted by Gasteiger charge is 2.13. The number of nitrogens with one attached hydrogen (secondary N) is 1. The summed E-state index contributed by atoms with van der Waals surface area (Å²) in [7, 11) is 3.00. The van der Waals surface area contributed by atoms with Crippen molar-refractivity contribution in [2.45, 2.75) is 0 Å². The van der Waals surface area contributed by atoms with Crippen LogP contribution in [-0.2, 0) is 0 Å². The molecule has 0 aromatic heterocycles. The Kier molecular flexibility index (Phi) is 7.40. The number of nitrogens with zero attached hydrogens (tertiary/aromatic N) is 1. The zero-order chi connectivity index (χ0) is 22.2. The lowest BCUT2D eigenvalue weighted by Gasteiger charge is -2.10. The van der Waals surface area contributed by atoms with Crippen molar-refractivity contribution in [3.8, 4) is 17.2 Å². The van der Waals surface area contributed by atoms with Crippen LogP contribution in [0.2, 0.25) is 0 Å². The highest BCUT2D eigenvalue weighted by molar-refractivity contribution is 9.10. The molecule has 1 N–H and O–H groups in total. The molecule has 0 bridgehead atoms. The molecule has 0 atom stereocenters. The summed E-state index contributed by atoms with van der Waals surface area (Å²) in [5.41, 5.74) is 3.92. The average molecular weight is 483 g/mol. The number of hydrazone groups is 1. The van der Waals surface area contributed by atoms with E-state index in [4.69, 9.17) is 14.2 Å². The van der Waals surface area contributed by atoms with E-state index in [0.29, 0.717) is 28.2 Å². The highest BCUT2D eigenvalue weighted by atomic mass is 79.9. The largest absolute Gasteiger partial charge is 0.497 e. The van der Waals surface area contributed by atoms with Crippen molar-refractivity contribution in [3.05, 3.63) is 87.9 Å². The molecule has 0 heterocycles. The van der Waals surface area contributed by atoms with Gasteiger partial charge in [0.1, 0.15) is 5.75 Å². The third kappa shape index (κ3) is 5.93. The predicted molar refractivity (Wildman–Crippen MR) is 120 cm³/mol. The van der Waals surface area contributed by atoms with Crippen molar-refractivity contribution >= 4 is 34.0 Å². The van der Waals surface area contributed by atoms with Crippen molar-refractivity contribution in [1.29, 1.82) is 0 Å². The van der Waals surface area contributed by atoms with Gasteiger partial charge >= 0.3 is 5.97 Å². The molecule has 0 saturated carbocycles. The summed E-state index contributed by atoms with van der Waals surface area (Å²) in [6, 6.07) is 18.6. The highest BCUT2D eigenvalue weighted by Crippen LogP contribution is 2.28. The maximum absolute atomic E-state index is 12.4. The van der Waals surface area contributed by atoms with E-state index >= 15 is 0 Å². The van der Waals surface area contributed by atoms with Crippen LogP contribution in [0.3, 0.4) is 0 Å². The molecule has 3 rings (SSSR count). The van der Waals surface area contributed by atoms with Crippen molar-refractivity contribution < 1.29 is 23.8 Å². The van der Waals surface area contributed by atoms with Crippen molar-refractivity contribution in [1.82, 2.24) is 5.43 Å². The summed E-state index contributed by atoms with van der Waals surface area (Å²) in [5.74, 6) is 0.319. The lowest BCUT2D eigenvalue weighted by molar-refractivity contribution is 0.0729. The standard InChI is InChI=1S/C23H19BrN2O5/c1-29-19-8-4-5-16(13-19)22(27)26-25-14-15-9-10-20(21(11-15)30-2)31-23(28)17-6-3-7-18(24)12-17/h3-14H,1-2H3,(H,26,27)/b25-14+. The van der Waals surface area contributed by atoms with Crippen LogP contribution in [0, 0.1) is 0 Å². The first-order valence-electron chi connectivity index (χ1n) is 9.13. The maximum atomic E-state index is 12.4. The van der Waals surface area contributed by atoms with Gasteiger partial charge in [-0.3, -0.25) is 4.79 Å². The Morgan fingerprint density at radius 3 is 2.42 bits per heavy atom. The van der Waals surface area contributed by atoms with Crippen molar-refractivity contribution in [2.24, 2.45) is 5.10 Å². The third-order valence-electron chi connectivity index (χ3n) is 4.16. The molecular formula is C23H19BrN2O5. The van der Waals surface area contributed by atoms with Gasteiger partial charge in [-0.05, 0) is 60.2 Å². The van der Waals surface area contributed by atoms with Gasteiger partial charge in [0, 0.05) is 10.0 Å². The average Bonchev–Trinajstić information content (AvgIpc) is 2.79. The molecule has 0 fully saturated rings. The third-order valence-corrected chi connectivity index (χ3v) is 4.66. The second kappa shape index (κ2) is 10.4. The van der Waals surface area contributed by atoms with E-state index in [9.17, 15) is 9.59 Å². The smallest absolute Gasteiger partial charge is 0.343 e. The normalized spacial score (nSPS) is 10.5. The number of carbonyl (C=O) groups excluding carboxylic acids is 2. The fraction of sp³-hybridized carbons (Fsp3) is 0.0870. The number of esters is 1. The van der Waals surface area contributed by atoms with E-state index in [1.54, 1.807) is 60.7 Å². The topological polar surface area (TPSA) is 86.2 Å². The van der Waals surface area contributed by atoms with Gasteiger partial charge in [-0.2, -0.15) is 5.10 Å². The molecule has 158 valence electrons. The minimum absolute atomic E-state index is 0.269. The van der Waals surface area contributed by atoms with Crippen molar-refractivity contribution in [3.63, 3.8) is 0 Å². The number of benzene rings is 3. The van der Waals surface area contributed by atoms with Gasteiger partial charge < -0.3 is 14.2 Å². The van der Waals surface area contributed by atoms with Crippen LogP contribution in [0.4, 0.5) is 0 Å². The molecule has 0 spiro atoms. The van der Waals surface area contributed by atoms with Crippen LogP contribution in [0.25, 0.3) is 0 Å². The van der Waals surface area contributed by atoms with E-state index in [2.05, 4.69) is 26.5 Å². The van der Waals surface area contributed by atoms with Gasteiger partial charge in [-0.25, -0.2) is 10.2 Å². The number of hydrogen-bond donors (Lipinski definition) is 1. The van der Waals surface area contributed by atoms with E-state index in [1.807, 2.05) is 6.07 Å². The molecule has 0 saturated heterocycles. The van der Waals surface area contributed by atoms with Gasteiger partial charge in [0.05, 0.1) is 26.0 Å². The SMILES string of the molecule is COc1cccc(C(=O)N/N=C/c2ccc(OC(=O)c3cccc(Br)c3)c(OC)c2)c1. The number of halogens is 1. The first-order valence-corrected chi connectivity index (χ1v) is 9.92. The number of hydrogen-bond acceptors (Lipinski definition) is 6. The van der Waals surface area contributed by atoms with Gasteiger partial charge in [0.15, 0.2) is 11.5 Å². The summed E-state index contributed by atoms with van der Waals surface area (Å²) in [4.78, 5) is 24.6. The fourth-order valence-corrected chi connectivity index (χ4v) is 3.02. The predicted octanol–water partition coefficient (Wildman–Crippen LogP) is 4.45. The summed E-state index contributed by atoms with van der Waals surface area (Å²) in [6.45, 7) is 0. The number of ether oxygens (including phenoxy) is 3.